The number of carbonyl (C=O) groups excluding carboxylic acids is 1. The molecule has 174 valence electrons. The molecule has 1 atom stereocenters. The Morgan fingerprint density at radius 3 is 2.44 bits per heavy atom. The smallest absolute Gasteiger partial charge is 0.262 e. The highest BCUT2D eigenvalue weighted by Gasteiger charge is 2.46. The molecule has 1 amide bonds. The van der Waals surface area contributed by atoms with Crippen molar-refractivity contribution < 1.29 is 4.79 Å². The second kappa shape index (κ2) is 8.29. The number of rotatable bonds is 4. The van der Waals surface area contributed by atoms with Crippen LogP contribution in [-0.2, 0) is 18.9 Å². The molecule has 2 N–H and O–H groups in total. The topological polar surface area (TPSA) is 98.5 Å². The number of anilines is 1. The van der Waals surface area contributed by atoms with Gasteiger partial charge in [0.25, 0.3) is 11.5 Å². The van der Waals surface area contributed by atoms with Gasteiger partial charge in [-0.25, -0.2) is 4.99 Å². The van der Waals surface area contributed by atoms with Gasteiger partial charge in [-0.3, -0.25) is 19.2 Å². The first kappa shape index (κ1) is 22.2. The van der Waals surface area contributed by atoms with Crippen molar-refractivity contribution in [1.82, 2.24) is 14.3 Å². The number of halogens is 1. The lowest BCUT2D eigenvalue weighted by atomic mass is 9.98. The van der Waals surface area contributed by atoms with E-state index in [4.69, 9.17) is 22.3 Å². The normalized spacial score (nSPS) is 20.9. The molecule has 1 saturated carbocycles. The molecule has 1 saturated heterocycles. The number of pyridine rings is 1. The average molecular weight is 477 g/mol. The highest BCUT2D eigenvalue weighted by molar-refractivity contribution is 6.36. The van der Waals surface area contributed by atoms with Gasteiger partial charge in [-0.15, -0.1) is 0 Å². The van der Waals surface area contributed by atoms with Crippen LogP contribution in [-0.4, -0.2) is 26.0 Å². The maximum Gasteiger partial charge on any atom is 0.262 e. The summed E-state index contributed by atoms with van der Waals surface area (Å²) in [7, 11) is 3.48. The lowest BCUT2D eigenvalue weighted by Gasteiger charge is -2.25. The molecule has 8 nitrogen and oxygen atoms in total. The molecule has 2 aliphatic rings. The van der Waals surface area contributed by atoms with E-state index in [1.54, 1.807) is 67.3 Å². The molecular formula is C25H25ClN6O2. The molecule has 2 fully saturated rings. The van der Waals surface area contributed by atoms with Gasteiger partial charge in [0.15, 0.2) is 5.82 Å². The second-order valence-electron chi connectivity index (χ2n) is 8.84. The molecule has 3 heterocycles. The quantitative estimate of drug-likeness (QED) is 0.582. The van der Waals surface area contributed by atoms with Crippen LogP contribution in [0.25, 0.3) is 0 Å². The molecule has 9 heteroatoms. The van der Waals surface area contributed by atoms with Gasteiger partial charge in [0, 0.05) is 42.6 Å². The van der Waals surface area contributed by atoms with Crippen LogP contribution in [0.15, 0.2) is 69.8 Å². The van der Waals surface area contributed by atoms with Crippen LogP contribution in [0.2, 0.25) is 5.02 Å². The van der Waals surface area contributed by atoms with E-state index in [-0.39, 0.29) is 17.4 Å². The minimum absolute atomic E-state index is 0.115. The van der Waals surface area contributed by atoms with Crippen LogP contribution < -0.4 is 16.2 Å². The Labute approximate surface area is 202 Å². The van der Waals surface area contributed by atoms with Crippen molar-refractivity contribution in [3.8, 4) is 0 Å². The summed E-state index contributed by atoms with van der Waals surface area (Å²) in [6, 6.07) is 10.3. The van der Waals surface area contributed by atoms with Gasteiger partial charge in [-0.1, -0.05) is 23.7 Å². The van der Waals surface area contributed by atoms with Gasteiger partial charge < -0.3 is 10.3 Å². The first-order valence-electron chi connectivity index (χ1n) is 11.1. The van der Waals surface area contributed by atoms with Crippen molar-refractivity contribution in [1.29, 1.82) is 0 Å². The fourth-order valence-electron chi connectivity index (χ4n) is 4.40. The number of nitrogens with two attached hydrogens (primary N) is 1. The highest BCUT2D eigenvalue weighted by Crippen LogP contribution is 2.44. The van der Waals surface area contributed by atoms with E-state index in [2.05, 4.69) is 5.10 Å². The Kier molecular flexibility index (Phi) is 5.40. The van der Waals surface area contributed by atoms with Crippen LogP contribution in [0.1, 0.15) is 30.0 Å². The molecular weight excluding hydrogens is 452 g/mol. The largest absolute Gasteiger partial charge is 0.401 e. The number of carbonyl (C=O) groups is 1. The van der Waals surface area contributed by atoms with E-state index in [1.165, 1.54) is 4.57 Å². The van der Waals surface area contributed by atoms with E-state index in [9.17, 15) is 9.59 Å². The van der Waals surface area contributed by atoms with Gasteiger partial charge in [0.2, 0.25) is 0 Å². The number of benzene rings is 1. The Balaban J connectivity index is 1.79. The predicted octanol–water partition coefficient (Wildman–Crippen LogP) is 3.56. The Hall–Kier alpha value is -3.65. The molecule has 1 aliphatic heterocycles. The summed E-state index contributed by atoms with van der Waals surface area (Å²) >= 11 is 6.17. The Morgan fingerprint density at radius 2 is 1.85 bits per heavy atom. The van der Waals surface area contributed by atoms with Crippen molar-refractivity contribution in [2.45, 2.75) is 25.8 Å². The van der Waals surface area contributed by atoms with Crippen LogP contribution in [0.5, 0.6) is 0 Å². The van der Waals surface area contributed by atoms with Crippen LogP contribution in [0.3, 0.4) is 0 Å². The van der Waals surface area contributed by atoms with Crippen molar-refractivity contribution in [3.63, 3.8) is 0 Å². The van der Waals surface area contributed by atoms with E-state index in [0.717, 1.165) is 18.4 Å². The first-order chi connectivity index (χ1) is 16.3. The number of allylic oxidation sites excluding steroid dienone is 1. The van der Waals surface area contributed by atoms with Crippen molar-refractivity contribution in [3.05, 3.63) is 86.6 Å². The average Bonchev–Trinajstić information content (AvgIpc) is 3.52. The van der Waals surface area contributed by atoms with Gasteiger partial charge >= 0.3 is 0 Å². The summed E-state index contributed by atoms with van der Waals surface area (Å²) in [6.07, 6.45) is 5.24. The SMILES string of the molecule is Cc1cc(N2C(=O)C(=C(/N)C3CC3)/C(=N\c3ccnn3C)C2c2ccc(Cl)cc2)cn(C)c1=O. The molecule has 0 spiro atoms. The van der Waals surface area contributed by atoms with Gasteiger partial charge in [0.05, 0.1) is 23.2 Å². The fourth-order valence-corrected chi connectivity index (χ4v) is 4.53. The number of aryl methyl sites for hydroxylation is 3. The second-order valence-corrected chi connectivity index (χ2v) is 9.28. The van der Waals surface area contributed by atoms with E-state index in [0.29, 0.717) is 39.1 Å². The summed E-state index contributed by atoms with van der Waals surface area (Å²) in [5, 5.41) is 4.82. The Morgan fingerprint density at radius 1 is 1.15 bits per heavy atom. The van der Waals surface area contributed by atoms with E-state index >= 15 is 0 Å². The van der Waals surface area contributed by atoms with Crippen molar-refractivity contribution in [2.24, 2.45) is 30.7 Å². The zero-order valence-electron chi connectivity index (χ0n) is 19.2. The highest BCUT2D eigenvalue weighted by atomic mass is 35.5. The molecule has 0 radical (unpaired) electrons. The summed E-state index contributed by atoms with van der Waals surface area (Å²) in [5.74, 6) is 0.549. The molecule has 3 aromatic rings. The maximum atomic E-state index is 14.0. The monoisotopic (exact) mass is 476 g/mol. The number of aromatic nitrogens is 3. The zero-order chi connectivity index (χ0) is 24.1. The van der Waals surface area contributed by atoms with E-state index in [1.807, 2.05) is 12.1 Å². The molecule has 1 aliphatic carbocycles. The third-order valence-corrected chi connectivity index (χ3v) is 6.61. The van der Waals surface area contributed by atoms with Crippen LogP contribution in [0.4, 0.5) is 11.5 Å². The summed E-state index contributed by atoms with van der Waals surface area (Å²) in [6.45, 7) is 1.74. The number of nitrogens with zero attached hydrogens (tertiary/aromatic N) is 5. The van der Waals surface area contributed by atoms with Crippen LogP contribution >= 0.6 is 11.6 Å². The van der Waals surface area contributed by atoms with Crippen LogP contribution in [0, 0.1) is 12.8 Å². The standard InChI is InChI=1S/C25H25ClN6O2/c1-14-12-18(13-30(2)24(14)33)32-23(16-6-8-17(26)9-7-16)22(29-19-10-11-28-31(19)3)20(25(32)34)21(27)15-4-5-15/h6-13,15,23H,4-5,27H2,1-3H3/b21-20+,29-22+. The summed E-state index contributed by atoms with van der Waals surface area (Å²) in [5.41, 5.74) is 9.99. The van der Waals surface area contributed by atoms with Crippen molar-refractivity contribution in [2.75, 3.05) is 4.90 Å². The first-order valence-corrected chi connectivity index (χ1v) is 11.5. The molecule has 2 aromatic heterocycles. The minimum Gasteiger partial charge on any atom is -0.401 e. The third-order valence-electron chi connectivity index (χ3n) is 6.35. The van der Waals surface area contributed by atoms with Crippen molar-refractivity contribution >= 4 is 34.7 Å². The minimum atomic E-state index is -0.552. The van der Waals surface area contributed by atoms with E-state index < -0.39 is 6.04 Å². The maximum absolute atomic E-state index is 14.0. The predicted molar refractivity (Wildman–Crippen MR) is 132 cm³/mol. The molecule has 1 aromatic carbocycles. The zero-order valence-corrected chi connectivity index (χ0v) is 20.0. The molecule has 34 heavy (non-hydrogen) atoms. The van der Waals surface area contributed by atoms with Gasteiger partial charge in [-0.05, 0) is 49.4 Å². The lowest BCUT2D eigenvalue weighted by Crippen LogP contribution is -2.31. The molecule has 1 unspecified atom stereocenters. The summed E-state index contributed by atoms with van der Waals surface area (Å²) < 4.78 is 3.14. The number of hydrogen-bond acceptors (Lipinski definition) is 5. The molecule has 0 bridgehead atoms. The number of aliphatic imine (C=N–C) groups is 1. The Bertz CT molecular complexity index is 1390. The fraction of sp³-hybridized carbons (Fsp3) is 0.280. The third kappa shape index (κ3) is 3.74. The number of amides is 1. The molecule has 5 rings (SSSR count). The number of hydrogen-bond donors (Lipinski definition) is 1. The summed E-state index contributed by atoms with van der Waals surface area (Å²) in [4.78, 5) is 33.0. The van der Waals surface area contributed by atoms with Gasteiger partial charge in [0.1, 0.15) is 6.04 Å². The lowest BCUT2D eigenvalue weighted by molar-refractivity contribution is -0.114. The van der Waals surface area contributed by atoms with Gasteiger partial charge in [-0.2, -0.15) is 5.10 Å².